The molecule has 1 saturated heterocycles. The predicted molar refractivity (Wildman–Crippen MR) is 165 cm³/mol. The van der Waals surface area contributed by atoms with Crippen LogP contribution < -0.4 is 10.2 Å². The Morgan fingerprint density at radius 2 is 1.62 bits per heavy atom. The second kappa shape index (κ2) is 13.0. The van der Waals surface area contributed by atoms with Crippen LogP contribution in [0, 0.1) is 25.7 Å². The molecule has 218 valence electrons. The number of benzene rings is 2. The van der Waals surface area contributed by atoms with Gasteiger partial charge in [0.15, 0.2) is 5.13 Å². The van der Waals surface area contributed by atoms with Crippen molar-refractivity contribution in [2.24, 2.45) is 11.8 Å². The minimum Gasteiger partial charge on any atom is -0.351 e. The van der Waals surface area contributed by atoms with E-state index >= 15 is 0 Å². The van der Waals surface area contributed by atoms with Crippen molar-refractivity contribution in [1.82, 2.24) is 19.5 Å². The topological polar surface area (TPSA) is 85.9 Å². The fourth-order valence-electron chi connectivity index (χ4n) is 5.10. The first-order chi connectivity index (χ1) is 18.9. The number of fused-ring (bicyclic) bond motifs is 1. The zero-order valence-electron chi connectivity index (χ0n) is 24.6. The standard InChI is InChI=1S/C30H43N5O3S2/c1-21(2)19-35(20-22(3)4)40(37,38)26-9-7-25(8-10-26)29(36)31-11-12-33-13-15-34(16-14-33)30-32-28-24(6)17-23(5)18-27(28)39-30/h7-10,17-18,21-22H,11-16,19-20H2,1-6H3,(H,31,36). The van der Waals surface area contributed by atoms with E-state index in [2.05, 4.69) is 41.1 Å². The van der Waals surface area contributed by atoms with Gasteiger partial charge in [0.2, 0.25) is 10.0 Å². The summed E-state index contributed by atoms with van der Waals surface area (Å²) < 4.78 is 29.3. The number of carbonyl (C=O) groups is 1. The zero-order valence-corrected chi connectivity index (χ0v) is 26.2. The summed E-state index contributed by atoms with van der Waals surface area (Å²) in [6.07, 6.45) is 0. The molecule has 0 unspecified atom stereocenters. The zero-order chi connectivity index (χ0) is 29.0. The molecule has 0 saturated carbocycles. The van der Waals surface area contributed by atoms with Gasteiger partial charge in [-0.05, 0) is 67.1 Å². The minimum atomic E-state index is -3.61. The van der Waals surface area contributed by atoms with Crippen molar-refractivity contribution < 1.29 is 13.2 Å². The Bertz CT molecular complexity index is 1400. The van der Waals surface area contributed by atoms with E-state index in [1.165, 1.54) is 15.8 Å². The average Bonchev–Trinajstić information content (AvgIpc) is 3.32. The van der Waals surface area contributed by atoms with Crippen LogP contribution in [0.5, 0.6) is 0 Å². The van der Waals surface area contributed by atoms with Crippen LogP contribution in [0.1, 0.15) is 49.2 Å². The molecule has 1 aliphatic rings. The van der Waals surface area contributed by atoms with Crippen molar-refractivity contribution in [2.45, 2.75) is 46.4 Å². The van der Waals surface area contributed by atoms with E-state index in [0.717, 1.165) is 43.4 Å². The summed E-state index contributed by atoms with van der Waals surface area (Å²) in [6.45, 7) is 18.2. The molecule has 40 heavy (non-hydrogen) atoms. The van der Waals surface area contributed by atoms with E-state index in [0.29, 0.717) is 25.2 Å². The molecular weight excluding hydrogens is 542 g/mol. The molecule has 1 N–H and O–H groups in total. The lowest BCUT2D eigenvalue weighted by atomic mass is 10.1. The Kier molecular flexibility index (Phi) is 9.87. The number of hydrogen-bond acceptors (Lipinski definition) is 7. The number of amides is 1. The normalized spacial score (nSPS) is 15.1. The summed E-state index contributed by atoms with van der Waals surface area (Å²) in [5.74, 6) is 0.259. The Hall–Kier alpha value is -2.53. The molecule has 1 aliphatic heterocycles. The molecule has 0 atom stereocenters. The molecule has 0 aliphatic carbocycles. The van der Waals surface area contributed by atoms with Crippen LogP contribution in [0.3, 0.4) is 0 Å². The van der Waals surface area contributed by atoms with Crippen molar-refractivity contribution in [3.8, 4) is 0 Å². The number of nitrogens with one attached hydrogen (secondary N) is 1. The van der Waals surface area contributed by atoms with Crippen molar-refractivity contribution in [1.29, 1.82) is 0 Å². The van der Waals surface area contributed by atoms with E-state index in [1.54, 1.807) is 39.9 Å². The van der Waals surface area contributed by atoms with E-state index < -0.39 is 10.0 Å². The van der Waals surface area contributed by atoms with E-state index in [1.807, 2.05) is 27.7 Å². The van der Waals surface area contributed by atoms with Gasteiger partial charge in [-0.2, -0.15) is 4.31 Å². The quantitative estimate of drug-likeness (QED) is 0.349. The average molecular weight is 586 g/mol. The molecule has 0 bridgehead atoms. The molecule has 3 aromatic rings. The van der Waals surface area contributed by atoms with E-state index in [4.69, 9.17) is 4.98 Å². The summed E-state index contributed by atoms with van der Waals surface area (Å²) in [5, 5.41) is 4.07. The van der Waals surface area contributed by atoms with Crippen LogP contribution in [0.2, 0.25) is 0 Å². The third kappa shape index (κ3) is 7.40. The molecular formula is C30H43N5O3S2. The summed E-state index contributed by atoms with van der Waals surface area (Å²) in [6, 6.07) is 10.7. The van der Waals surface area contributed by atoms with Crippen molar-refractivity contribution in [3.63, 3.8) is 0 Å². The fourth-order valence-corrected chi connectivity index (χ4v) is 8.06. The Morgan fingerprint density at radius 3 is 2.23 bits per heavy atom. The van der Waals surface area contributed by atoms with Gasteiger partial charge >= 0.3 is 0 Å². The van der Waals surface area contributed by atoms with Crippen LogP contribution in [-0.2, 0) is 10.0 Å². The smallest absolute Gasteiger partial charge is 0.251 e. The lowest BCUT2D eigenvalue weighted by Crippen LogP contribution is -2.48. The van der Waals surface area contributed by atoms with Gasteiger partial charge in [-0.1, -0.05) is 45.1 Å². The fraction of sp³-hybridized carbons (Fsp3) is 0.533. The molecule has 4 rings (SSSR count). The van der Waals surface area contributed by atoms with Crippen molar-refractivity contribution in [3.05, 3.63) is 53.1 Å². The molecule has 10 heteroatoms. The summed E-state index contributed by atoms with van der Waals surface area (Å²) in [5.41, 5.74) is 4.06. The maximum absolute atomic E-state index is 13.2. The predicted octanol–water partition coefficient (Wildman–Crippen LogP) is 4.77. The molecule has 1 fully saturated rings. The lowest BCUT2D eigenvalue weighted by molar-refractivity contribution is 0.0947. The third-order valence-electron chi connectivity index (χ3n) is 7.07. The SMILES string of the molecule is Cc1cc(C)c2nc(N3CCN(CCNC(=O)c4ccc(S(=O)(=O)N(CC(C)C)CC(C)C)cc4)CC3)sc2c1. The molecule has 2 heterocycles. The highest BCUT2D eigenvalue weighted by molar-refractivity contribution is 7.89. The van der Waals surface area contributed by atoms with Crippen LogP contribution in [0.15, 0.2) is 41.3 Å². The number of rotatable bonds is 11. The third-order valence-corrected chi connectivity index (χ3v) is 9.98. The van der Waals surface area contributed by atoms with Gasteiger partial charge in [-0.3, -0.25) is 9.69 Å². The first kappa shape index (κ1) is 30.4. The Balaban J connectivity index is 1.26. The largest absolute Gasteiger partial charge is 0.351 e. The summed E-state index contributed by atoms with van der Waals surface area (Å²) in [4.78, 5) is 22.6. The highest BCUT2D eigenvalue weighted by Gasteiger charge is 2.26. The number of anilines is 1. The first-order valence-corrected chi connectivity index (χ1v) is 16.4. The lowest BCUT2D eigenvalue weighted by Gasteiger charge is -2.34. The van der Waals surface area contributed by atoms with Gasteiger partial charge in [-0.15, -0.1) is 0 Å². The van der Waals surface area contributed by atoms with Crippen LogP contribution in [0.25, 0.3) is 10.2 Å². The van der Waals surface area contributed by atoms with Gasteiger partial charge < -0.3 is 10.2 Å². The molecule has 2 aromatic carbocycles. The van der Waals surface area contributed by atoms with Gasteiger partial charge in [0.1, 0.15) is 0 Å². The van der Waals surface area contributed by atoms with E-state index in [9.17, 15) is 13.2 Å². The summed E-state index contributed by atoms with van der Waals surface area (Å²) in [7, 11) is -3.61. The first-order valence-electron chi connectivity index (χ1n) is 14.2. The molecule has 0 radical (unpaired) electrons. The second-order valence-corrected chi connectivity index (χ2v) is 14.6. The highest BCUT2D eigenvalue weighted by atomic mass is 32.2. The molecule has 1 amide bonds. The second-order valence-electron chi connectivity index (χ2n) is 11.6. The molecule has 1 aromatic heterocycles. The number of carbonyl (C=O) groups excluding carboxylic acids is 1. The van der Waals surface area contributed by atoms with Crippen molar-refractivity contribution in [2.75, 3.05) is 57.3 Å². The van der Waals surface area contributed by atoms with Gasteiger partial charge in [-0.25, -0.2) is 13.4 Å². The minimum absolute atomic E-state index is 0.191. The van der Waals surface area contributed by atoms with Gasteiger partial charge in [0.25, 0.3) is 5.91 Å². The number of hydrogen-bond donors (Lipinski definition) is 1. The maximum Gasteiger partial charge on any atom is 0.251 e. The monoisotopic (exact) mass is 585 g/mol. The van der Waals surface area contributed by atoms with Gasteiger partial charge in [0, 0.05) is 57.9 Å². The number of aromatic nitrogens is 1. The number of piperazine rings is 1. The van der Waals surface area contributed by atoms with Crippen LogP contribution in [-0.4, -0.2) is 80.9 Å². The number of nitrogens with zero attached hydrogens (tertiary/aromatic N) is 4. The number of thiazole rings is 1. The van der Waals surface area contributed by atoms with Crippen LogP contribution in [0.4, 0.5) is 5.13 Å². The highest BCUT2D eigenvalue weighted by Crippen LogP contribution is 2.32. The Morgan fingerprint density at radius 1 is 1.00 bits per heavy atom. The molecule has 8 nitrogen and oxygen atoms in total. The Labute approximate surface area is 243 Å². The van der Waals surface area contributed by atoms with Crippen LogP contribution >= 0.6 is 11.3 Å². The number of sulfonamides is 1. The summed E-state index contributed by atoms with van der Waals surface area (Å²) >= 11 is 1.76. The van der Waals surface area contributed by atoms with E-state index in [-0.39, 0.29) is 22.6 Å². The molecule has 0 spiro atoms. The maximum atomic E-state index is 13.2. The van der Waals surface area contributed by atoms with Crippen molar-refractivity contribution >= 4 is 42.6 Å². The van der Waals surface area contributed by atoms with Gasteiger partial charge in [0.05, 0.1) is 15.1 Å². The number of aryl methyl sites for hydroxylation is 2.